The summed E-state index contributed by atoms with van der Waals surface area (Å²) in [5.41, 5.74) is 0.494. The molecule has 0 aliphatic rings. The van der Waals surface area contributed by atoms with Crippen LogP contribution in [0.1, 0.15) is 38.1 Å². The summed E-state index contributed by atoms with van der Waals surface area (Å²) in [4.78, 5) is 14.1. The number of halogens is 1. The van der Waals surface area contributed by atoms with Crippen molar-refractivity contribution < 1.29 is 13.2 Å². The van der Waals surface area contributed by atoms with Crippen molar-refractivity contribution in [1.29, 1.82) is 0 Å². The van der Waals surface area contributed by atoms with Crippen LogP contribution in [-0.4, -0.2) is 51.4 Å². The minimum absolute atomic E-state index is 0. The molecule has 24 heavy (non-hydrogen) atoms. The SMILES string of the molecule is CCN[C@H](C)CNS(=O)(=O)c1ccc(C(=O)N(CC)CC)cc1.Cl. The topological polar surface area (TPSA) is 78.5 Å². The van der Waals surface area contributed by atoms with Crippen molar-refractivity contribution in [2.24, 2.45) is 0 Å². The van der Waals surface area contributed by atoms with E-state index >= 15 is 0 Å². The molecule has 0 saturated carbocycles. The Morgan fingerprint density at radius 1 is 1.12 bits per heavy atom. The predicted molar refractivity (Wildman–Crippen MR) is 99.3 cm³/mol. The van der Waals surface area contributed by atoms with E-state index in [1.165, 1.54) is 12.1 Å². The molecule has 1 aromatic rings. The summed E-state index contributed by atoms with van der Waals surface area (Å²) in [6, 6.07) is 6.11. The molecule has 1 rings (SSSR count). The maximum Gasteiger partial charge on any atom is 0.253 e. The summed E-state index contributed by atoms with van der Waals surface area (Å²) in [7, 11) is -3.56. The number of hydrogen-bond donors (Lipinski definition) is 2. The standard InChI is InChI=1S/C16H27N3O3S.ClH/c1-5-17-13(4)12-18-23(21,22)15-10-8-14(9-11-15)16(20)19(6-2)7-3;/h8-11,13,17-18H,5-7,12H2,1-4H3;1H/t13-;/m1./s1. The van der Waals surface area contributed by atoms with Gasteiger partial charge in [0.25, 0.3) is 5.91 Å². The lowest BCUT2D eigenvalue weighted by atomic mass is 10.2. The lowest BCUT2D eigenvalue weighted by Crippen LogP contribution is -2.38. The highest BCUT2D eigenvalue weighted by Crippen LogP contribution is 2.12. The van der Waals surface area contributed by atoms with Crippen LogP contribution in [-0.2, 0) is 10.0 Å². The average Bonchev–Trinajstić information content (AvgIpc) is 2.54. The monoisotopic (exact) mass is 377 g/mol. The van der Waals surface area contributed by atoms with Crippen molar-refractivity contribution in [2.45, 2.75) is 38.6 Å². The van der Waals surface area contributed by atoms with Gasteiger partial charge in [0.2, 0.25) is 10.0 Å². The van der Waals surface area contributed by atoms with Gasteiger partial charge in [-0.3, -0.25) is 4.79 Å². The van der Waals surface area contributed by atoms with Crippen molar-refractivity contribution in [1.82, 2.24) is 14.9 Å². The number of hydrogen-bond acceptors (Lipinski definition) is 4. The molecule has 138 valence electrons. The Morgan fingerprint density at radius 3 is 2.12 bits per heavy atom. The zero-order valence-corrected chi connectivity index (χ0v) is 16.3. The van der Waals surface area contributed by atoms with Gasteiger partial charge in [-0.1, -0.05) is 6.92 Å². The maximum atomic E-state index is 12.2. The molecule has 0 aliphatic carbocycles. The molecule has 1 amide bonds. The largest absolute Gasteiger partial charge is 0.339 e. The van der Waals surface area contributed by atoms with Crippen molar-refractivity contribution >= 4 is 28.3 Å². The van der Waals surface area contributed by atoms with Crippen molar-refractivity contribution in [3.63, 3.8) is 0 Å². The molecular weight excluding hydrogens is 350 g/mol. The van der Waals surface area contributed by atoms with E-state index in [2.05, 4.69) is 10.0 Å². The number of rotatable bonds is 9. The third-order valence-electron chi connectivity index (χ3n) is 3.59. The molecule has 0 fully saturated rings. The first kappa shape index (κ1) is 22.9. The number of nitrogens with zero attached hydrogens (tertiary/aromatic N) is 1. The van der Waals surface area contributed by atoms with Gasteiger partial charge >= 0.3 is 0 Å². The Balaban J connectivity index is 0.00000529. The maximum absolute atomic E-state index is 12.2. The van der Waals surface area contributed by atoms with E-state index in [0.717, 1.165) is 6.54 Å². The van der Waals surface area contributed by atoms with Crippen molar-refractivity contribution in [3.05, 3.63) is 29.8 Å². The minimum atomic E-state index is -3.56. The Labute approximate surface area is 151 Å². The van der Waals surface area contributed by atoms with Crippen molar-refractivity contribution in [2.75, 3.05) is 26.2 Å². The van der Waals surface area contributed by atoms with E-state index in [1.807, 2.05) is 27.7 Å². The number of carbonyl (C=O) groups excluding carboxylic acids is 1. The van der Waals surface area contributed by atoms with E-state index < -0.39 is 10.0 Å². The van der Waals surface area contributed by atoms with Gasteiger partial charge in [0.15, 0.2) is 0 Å². The van der Waals surface area contributed by atoms with Gasteiger partial charge in [0.05, 0.1) is 4.90 Å². The van der Waals surface area contributed by atoms with E-state index in [0.29, 0.717) is 25.2 Å². The fourth-order valence-electron chi connectivity index (χ4n) is 2.21. The lowest BCUT2D eigenvalue weighted by Gasteiger charge is -2.18. The Hall–Kier alpha value is -1.15. The van der Waals surface area contributed by atoms with E-state index in [-0.39, 0.29) is 29.3 Å². The van der Waals surface area contributed by atoms with E-state index in [9.17, 15) is 13.2 Å². The number of carbonyl (C=O) groups is 1. The van der Waals surface area contributed by atoms with Gasteiger partial charge in [-0.05, 0) is 51.6 Å². The molecule has 0 aromatic heterocycles. The molecular formula is C16H28ClN3O3S. The molecule has 1 atom stereocenters. The minimum Gasteiger partial charge on any atom is -0.339 e. The van der Waals surface area contributed by atoms with Gasteiger partial charge in [0.1, 0.15) is 0 Å². The number of amides is 1. The van der Waals surface area contributed by atoms with Gasteiger partial charge < -0.3 is 10.2 Å². The van der Waals surface area contributed by atoms with E-state index in [4.69, 9.17) is 0 Å². The molecule has 0 spiro atoms. The number of sulfonamides is 1. The van der Waals surface area contributed by atoms with Gasteiger partial charge in [0, 0.05) is 31.2 Å². The Kier molecular flexibility index (Phi) is 10.1. The molecule has 0 radical (unpaired) electrons. The summed E-state index contributed by atoms with van der Waals surface area (Å²) >= 11 is 0. The van der Waals surface area contributed by atoms with Crippen LogP contribution in [0.25, 0.3) is 0 Å². The lowest BCUT2D eigenvalue weighted by molar-refractivity contribution is 0.0773. The highest BCUT2D eigenvalue weighted by Gasteiger charge is 2.17. The fourth-order valence-corrected chi connectivity index (χ4v) is 3.34. The van der Waals surface area contributed by atoms with Gasteiger partial charge in [-0.2, -0.15) is 0 Å². The summed E-state index contributed by atoms with van der Waals surface area (Å²) in [6.45, 7) is 10.1. The molecule has 0 aliphatic heterocycles. The van der Waals surface area contributed by atoms with Crippen LogP contribution in [0.5, 0.6) is 0 Å². The fraction of sp³-hybridized carbons (Fsp3) is 0.562. The number of likely N-dealkylation sites (N-methyl/N-ethyl adjacent to an activating group) is 1. The second-order valence-electron chi connectivity index (χ2n) is 5.31. The van der Waals surface area contributed by atoms with Crippen molar-refractivity contribution in [3.8, 4) is 0 Å². The summed E-state index contributed by atoms with van der Waals surface area (Å²) < 4.78 is 27.0. The summed E-state index contributed by atoms with van der Waals surface area (Å²) in [6.07, 6.45) is 0. The van der Waals surface area contributed by atoms with Gasteiger partial charge in [-0.25, -0.2) is 13.1 Å². The van der Waals surface area contributed by atoms with Crippen LogP contribution < -0.4 is 10.0 Å². The number of nitrogens with one attached hydrogen (secondary N) is 2. The Bertz CT molecular complexity index is 601. The molecule has 0 unspecified atom stereocenters. The third-order valence-corrected chi connectivity index (χ3v) is 5.03. The first-order chi connectivity index (χ1) is 10.9. The van der Waals surface area contributed by atoms with Crippen LogP contribution in [0.15, 0.2) is 29.2 Å². The first-order valence-electron chi connectivity index (χ1n) is 7.98. The first-order valence-corrected chi connectivity index (χ1v) is 9.46. The zero-order chi connectivity index (χ0) is 17.5. The third kappa shape index (κ3) is 6.39. The highest BCUT2D eigenvalue weighted by atomic mass is 35.5. The molecule has 1 aromatic carbocycles. The predicted octanol–water partition coefficient (Wildman–Crippen LogP) is 1.87. The zero-order valence-electron chi connectivity index (χ0n) is 14.7. The molecule has 8 heteroatoms. The molecule has 6 nitrogen and oxygen atoms in total. The van der Waals surface area contributed by atoms with Crippen LogP contribution in [0, 0.1) is 0 Å². The highest BCUT2D eigenvalue weighted by molar-refractivity contribution is 7.89. The summed E-state index contributed by atoms with van der Waals surface area (Å²) in [5.74, 6) is -0.0901. The average molecular weight is 378 g/mol. The summed E-state index contributed by atoms with van der Waals surface area (Å²) in [5, 5.41) is 3.14. The second kappa shape index (κ2) is 10.7. The molecule has 2 N–H and O–H groups in total. The van der Waals surface area contributed by atoms with Crippen LogP contribution in [0.4, 0.5) is 0 Å². The second-order valence-corrected chi connectivity index (χ2v) is 7.08. The van der Waals surface area contributed by atoms with Gasteiger partial charge in [-0.15, -0.1) is 12.4 Å². The molecule has 0 bridgehead atoms. The normalized spacial score (nSPS) is 12.3. The van der Waals surface area contributed by atoms with Crippen LogP contribution in [0.3, 0.4) is 0 Å². The van der Waals surface area contributed by atoms with Crippen LogP contribution in [0.2, 0.25) is 0 Å². The molecule has 0 saturated heterocycles. The Morgan fingerprint density at radius 2 is 1.67 bits per heavy atom. The molecule has 0 heterocycles. The van der Waals surface area contributed by atoms with E-state index in [1.54, 1.807) is 17.0 Å². The smallest absolute Gasteiger partial charge is 0.253 e. The quantitative estimate of drug-likeness (QED) is 0.688. The number of benzene rings is 1. The van der Waals surface area contributed by atoms with Crippen LogP contribution >= 0.6 is 12.4 Å².